The number of hydrogen-bond acceptors (Lipinski definition) is 2. The van der Waals surface area contributed by atoms with Gasteiger partial charge in [-0.25, -0.2) is 0 Å². The van der Waals surface area contributed by atoms with E-state index >= 15 is 0 Å². The largest absolute Gasteiger partial charge is 0.391 e. The minimum absolute atomic E-state index is 0.880. The van der Waals surface area contributed by atoms with E-state index in [9.17, 15) is 0 Å². The average molecular weight is 273 g/mol. The second-order valence-corrected chi connectivity index (χ2v) is 4.26. The van der Waals surface area contributed by atoms with Gasteiger partial charge in [-0.2, -0.15) is 0 Å². The first kappa shape index (κ1) is 17.4. The monoisotopic (exact) mass is 272 g/mol. The molecule has 2 rings (SSSR count). The van der Waals surface area contributed by atoms with Crippen molar-refractivity contribution < 1.29 is 0 Å². The van der Waals surface area contributed by atoms with Crippen molar-refractivity contribution in [2.75, 3.05) is 13.6 Å². The molecule has 1 saturated carbocycles. The molecule has 0 aromatic rings. The summed E-state index contributed by atoms with van der Waals surface area (Å²) in [6.45, 7) is 8.95. The molecule has 1 aliphatic carbocycles. The zero-order valence-electron chi connectivity index (χ0n) is 12.6. The minimum Gasteiger partial charge on any atom is -0.391 e. The molecule has 0 saturated heterocycles. The van der Waals surface area contributed by atoms with Gasteiger partial charge in [-0.1, -0.05) is 39.3 Å². The summed E-state index contributed by atoms with van der Waals surface area (Å²) in [6.07, 6.45) is 5.95. The van der Waals surface area contributed by atoms with Crippen LogP contribution in [-0.4, -0.2) is 13.6 Å². The number of nitrogens with one attached hydrogen (secondary N) is 2. The third-order valence-electron chi connectivity index (χ3n) is 3.05. The molecule has 0 aromatic carbocycles. The van der Waals surface area contributed by atoms with E-state index < -0.39 is 0 Å². The van der Waals surface area contributed by atoms with Gasteiger partial charge in [-0.3, -0.25) is 0 Å². The molecule has 1 fully saturated rings. The van der Waals surface area contributed by atoms with Gasteiger partial charge in [0.2, 0.25) is 0 Å². The van der Waals surface area contributed by atoms with E-state index in [4.69, 9.17) is 11.6 Å². The summed E-state index contributed by atoms with van der Waals surface area (Å²) >= 11 is 6.22. The van der Waals surface area contributed by atoms with E-state index in [-0.39, 0.29) is 0 Å². The Morgan fingerprint density at radius 1 is 0.944 bits per heavy atom. The Balaban J connectivity index is 0.000000659. The fourth-order valence-electron chi connectivity index (χ4n) is 2.31. The van der Waals surface area contributed by atoms with Crippen LogP contribution in [-0.2, 0) is 0 Å². The highest BCUT2D eigenvalue weighted by Gasteiger charge is 2.20. The van der Waals surface area contributed by atoms with Crippen molar-refractivity contribution in [3.05, 3.63) is 22.0 Å². The van der Waals surface area contributed by atoms with Crippen LogP contribution in [0.2, 0.25) is 0 Å². The van der Waals surface area contributed by atoms with Crippen molar-refractivity contribution in [3.8, 4) is 0 Å². The van der Waals surface area contributed by atoms with Gasteiger partial charge in [0, 0.05) is 25.7 Å². The first-order valence-electron chi connectivity index (χ1n) is 7.35. The lowest BCUT2D eigenvalue weighted by molar-refractivity contribution is 0.663. The minimum atomic E-state index is 0.880. The first-order valence-corrected chi connectivity index (χ1v) is 7.73. The summed E-state index contributed by atoms with van der Waals surface area (Å²) in [5.41, 5.74) is 4.19. The highest BCUT2D eigenvalue weighted by molar-refractivity contribution is 6.29. The summed E-state index contributed by atoms with van der Waals surface area (Å²) in [5, 5.41) is 7.46. The van der Waals surface area contributed by atoms with E-state index in [1.807, 2.05) is 34.7 Å². The zero-order valence-corrected chi connectivity index (χ0v) is 13.4. The van der Waals surface area contributed by atoms with Crippen LogP contribution in [0.4, 0.5) is 0 Å². The van der Waals surface area contributed by atoms with E-state index in [1.54, 1.807) is 0 Å². The smallest absolute Gasteiger partial charge is 0.105 e. The second kappa shape index (κ2) is 10.3. The van der Waals surface area contributed by atoms with Gasteiger partial charge >= 0.3 is 0 Å². The summed E-state index contributed by atoms with van der Waals surface area (Å²) in [6, 6.07) is 0. The Hall–Kier alpha value is -0.630. The van der Waals surface area contributed by atoms with Gasteiger partial charge in [0.15, 0.2) is 0 Å². The van der Waals surface area contributed by atoms with Crippen molar-refractivity contribution in [3.63, 3.8) is 0 Å². The summed E-state index contributed by atoms with van der Waals surface area (Å²) < 4.78 is 0. The lowest BCUT2D eigenvalue weighted by Crippen LogP contribution is -2.14. The van der Waals surface area contributed by atoms with Gasteiger partial charge in [0.25, 0.3) is 0 Å². The van der Waals surface area contributed by atoms with Gasteiger partial charge < -0.3 is 10.6 Å². The highest BCUT2D eigenvalue weighted by atomic mass is 35.5. The molecule has 3 heteroatoms. The Morgan fingerprint density at radius 2 is 1.50 bits per heavy atom. The molecular weight excluding hydrogens is 244 g/mol. The predicted octanol–water partition coefficient (Wildman–Crippen LogP) is 4.53. The summed E-state index contributed by atoms with van der Waals surface area (Å²) in [5.74, 6) is 0. The first-order chi connectivity index (χ1) is 8.83. The van der Waals surface area contributed by atoms with Crippen LogP contribution in [0.25, 0.3) is 0 Å². The lowest BCUT2D eigenvalue weighted by Gasteiger charge is -2.21. The Morgan fingerprint density at radius 3 is 2.06 bits per heavy atom. The molecule has 0 atom stereocenters. The van der Waals surface area contributed by atoms with Gasteiger partial charge in [0.05, 0.1) is 0 Å². The molecule has 0 amide bonds. The molecule has 2 N–H and O–H groups in total. The van der Waals surface area contributed by atoms with Crippen LogP contribution in [0.5, 0.6) is 0 Å². The van der Waals surface area contributed by atoms with Crippen LogP contribution >= 0.6 is 11.6 Å². The molecular formula is C15H29ClN2. The highest BCUT2D eigenvalue weighted by Crippen LogP contribution is 2.35. The van der Waals surface area contributed by atoms with Crippen molar-refractivity contribution in [2.45, 2.75) is 59.8 Å². The van der Waals surface area contributed by atoms with E-state index in [0.717, 1.165) is 24.5 Å². The fourth-order valence-corrected chi connectivity index (χ4v) is 2.61. The van der Waals surface area contributed by atoms with Crippen molar-refractivity contribution in [1.29, 1.82) is 0 Å². The number of fused-ring (bicyclic) bond motifs is 1. The molecule has 0 aromatic heterocycles. The number of allylic oxidation sites excluding steroid dienone is 2. The SMILES string of the molecule is CC.CC.CNC1=C2CCCCC2=C(Cl)NCC1. The molecule has 0 spiro atoms. The topological polar surface area (TPSA) is 24.1 Å². The quantitative estimate of drug-likeness (QED) is 0.686. The van der Waals surface area contributed by atoms with E-state index in [1.165, 1.54) is 36.1 Å². The average Bonchev–Trinajstić information content (AvgIpc) is 2.63. The van der Waals surface area contributed by atoms with Crippen LogP contribution in [0.3, 0.4) is 0 Å². The second-order valence-electron chi connectivity index (χ2n) is 3.88. The molecule has 2 nitrogen and oxygen atoms in total. The van der Waals surface area contributed by atoms with Crippen molar-refractivity contribution in [2.24, 2.45) is 0 Å². The van der Waals surface area contributed by atoms with Crippen LogP contribution in [0, 0.1) is 0 Å². The molecule has 0 bridgehead atoms. The molecule has 1 heterocycles. The molecule has 0 radical (unpaired) electrons. The molecule has 106 valence electrons. The maximum Gasteiger partial charge on any atom is 0.105 e. The fraction of sp³-hybridized carbons (Fsp3) is 0.733. The summed E-state index contributed by atoms with van der Waals surface area (Å²) in [7, 11) is 2.01. The lowest BCUT2D eigenvalue weighted by atomic mass is 9.88. The number of rotatable bonds is 1. The van der Waals surface area contributed by atoms with Crippen LogP contribution < -0.4 is 10.6 Å². The normalized spacial score (nSPS) is 18.3. The number of halogens is 1. The molecule has 1 aliphatic heterocycles. The van der Waals surface area contributed by atoms with Crippen LogP contribution in [0.15, 0.2) is 22.0 Å². The van der Waals surface area contributed by atoms with E-state index in [2.05, 4.69) is 10.6 Å². The predicted molar refractivity (Wildman–Crippen MR) is 82.7 cm³/mol. The maximum atomic E-state index is 6.22. The van der Waals surface area contributed by atoms with E-state index in [0.29, 0.717) is 0 Å². The molecule has 0 unspecified atom stereocenters. The molecule has 2 aliphatic rings. The third kappa shape index (κ3) is 4.56. The Labute approximate surface area is 118 Å². The van der Waals surface area contributed by atoms with Crippen molar-refractivity contribution in [1.82, 2.24) is 10.6 Å². The standard InChI is InChI=1S/C11H17ClN2.2C2H6/c1-13-10-6-7-14-11(12)9-5-3-2-4-8(9)10;2*1-2/h13-14H,2-7H2,1H3;2*1-2H3. The zero-order chi connectivity index (χ0) is 14.0. The Bertz CT molecular complexity index is 293. The number of hydrogen-bond donors (Lipinski definition) is 2. The Kier molecular flexibility index (Phi) is 9.95. The molecule has 18 heavy (non-hydrogen) atoms. The maximum absolute atomic E-state index is 6.22. The summed E-state index contributed by atoms with van der Waals surface area (Å²) in [4.78, 5) is 0. The van der Waals surface area contributed by atoms with Crippen molar-refractivity contribution >= 4 is 11.6 Å². The van der Waals surface area contributed by atoms with Crippen LogP contribution in [0.1, 0.15) is 59.8 Å². The van der Waals surface area contributed by atoms with Gasteiger partial charge in [-0.15, -0.1) is 0 Å². The van der Waals surface area contributed by atoms with Gasteiger partial charge in [0.1, 0.15) is 5.16 Å². The van der Waals surface area contributed by atoms with Gasteiger partial charge in [-0.05, 0) is 36.8 Å². The third-order valence-corrected chi connectivity index (χ3v) is 3.42.